The molecular formula is C15H21NO2S. The van der Waals surface area contributed by atoms with E-state index in [-0.39, 0.29) is 10.8 Å². The third-order valence-electron chi connectivity index (χ3n) is 2.20. The number of carbonyl (C=O) groups excluding carboxylic acids is 1. The number of ether oxygens (including phenoxy) is 1. The molecule has 1 aromatic carbocycles. The van der Waals surface area contributed by atoms with Gasteiger partial charge in [0, 0.05) is 11.2 Å². The van der Waals surface area contributed by atoms with Crippen LogP contribution in [-0.2, 0) is 4.74 Å². The zero-order valence-electron chi connectivity index (χ0n) is 11.9. The van der Waals surface area contributed by atoms with Crippen LogP contribution in [-0.4, -0.2) is 23.7 Å². The molecule has 0 saturated carbocycles. The number of carbonyl (C=O) groups is 1. The fraction of sp³-hybridized carbons (Fsp3) is 0.400. The van der Waals surface area contributed by atoms with Gasteiger partial charge in [-0.1, -0.05) is 18.2 Å². The molecule has 0 saturated heterocycles. The number of thioether (sulfide) groups is 1. The predicted octanol–water partition coefficient (Wildman–Crippen LogP) is 4.41. The van der Waals surface area contributed by atoms with Crippen LogP contribution in [0.3, 0.4) is 0 Å². The van der Waals surface area contributed by atoms with Crippen molar-refractivity contribution in [3.05, 3.63) is 35.9 Å². The summed E-state index contributed by atoms with van der Waals surface area (Å²) in [6.07, 6.45) is 5.47. The second-order valence-electron chi connectivity index (χ2n) is 5.16. The molecule has 0 unspecified atom stereocenters. The van der Waals surface area contributed by atoms with E-state index in [0.29, 0.717) is 6.61 Å². The van der Waals surface area contributed by atoms with E-state index >= 15 is 0 Å². The fourth-order valence-corrected chi connectivity index (χ4v) is 1.66. The molecule has 1 rings (SSSR count). The summed E-state index contributed by atoms with van der Waals surface area (Å²) in [6, 6.07) is 8.14. The standard InChI is InChI=1S/C15H21NO2S/c1-15(2,3)16-13-9-7-12(8-10-13)6-5-11-18-14(17)19-4/h5-10,16H,11H2,1-4H3/b6-5+. The number of nitrogens with one attached hydrogen (secondary N) is 1. The Balaban J connectivity index is 2.48. The Morgan fingerprint density at radius 2 is 1.95 bits per heavy atom. The molecule has 4 heteroatoms. The van der Waals surface area contributed by atoms with Gasteiger partial charge in [0.25, 0.3) is 0 Å². The van der Waals surface area contributed by atoms with Gasteiger partial charge in [-0.15, -0.1) is 0 Å². The van der Waals surface area contributed by atoms with Crippen molar-refractivity contribution < 1.29 is 9.53 Å². The van der Waals surface area contributed by atoms with Crippen LogP contribution >= 0.6 is 11.8 Å². The largest absolute Gasteiger partial charge is 0.453 e. The Labute approximate surface area is 119 Å². The monoisotopic (exact) mass is 279 g/mol. The van der Waals surface area contributed by atoms with Crippen LogP contribution in [0.5, 0.6) is 0 Å². The van der Waals surface area contributed by atoms with Crippen molar-refractivity contribution in [2.45, 2.75) is 26.3 Å². The maximum atomic E-state index is 10.9. The summed E-state index contributed by atoms with van der Waals surface area (Å²) < 4.78 is 4.93. The van der Waals surface area contributed by atoms with Crippen LogP contribution < -0.4 is 5.32 Å². The summed E-state index contributed by atoms with van der Waals surface area (Å²) in [7, 11) is 0. The third-order valence-corrected chi connectivity index (χ3v) is 2.66. The molecule has 0 radical (unpaired) electrons. The van der Waals surface area contributed by atoms with E-state index < -0.39 is 0 Å². The van der Waals surface area contributed by atoms with Gasteiger partial charge < -0.3 is 10.1 Å². The summed E-state index contributed by atoms with van der Waals surface area (Å²) in [5, 5.41) is 3.15. The number of anilines is 1. The molecule has 0 aromatic heterocycles. The summed E-state index contributed by atoms with van der Waals surface area (Å²) in [6.45, 7) is 6.68. The molecule has 0 fully saturated rings. The second kappa shape index (κ2) is 7.24. The molecule has 0 aliphatic heterocycles. The van der Waals surface area contributed by atoms with Gasteiger partial charge >= 0.3 is 5.30 Å². The number of rotatable bonds is 4. The van der Waals surface area contributed by atoms with Crippen molar-refractivity contribution >= 4 is 28.8 Å². The van der Waals surface area contributed by atoms with Gasteiger partial charge in [-0.2, -0.15) is 0 Å². The molecule has 1 N–H and O–H groups in total. The zero-order valence-corrected chi connectivity index (χ0v) is 12.7. The minimum absolute atomic E-state index is 0.0589. The maximum Gasteiger partial charge on any atom is 0.367 e. The van der Waals surface area contributed by atoms with Gasteiger partial charge in [-0.05, 0) is 62.6 Å². The van der Waals surface area contributed by atoms with E-state index in [2.05, 4.69) is 26.1 Å². The normalized spacial score (nSPS) is 11.6. The summed E-state index contributed by atoms with van der Waals surface area (Å²) >= 11 is 1.07. The number of benzene rings is 1. The van der Waals surface area contributed by atoms with Crippen LogP contribution in [0.15, 0.2) is 30.3 Å². The van der Waals surface area contributed by atoms with E-state index in [1.807, 2.05) is 36.4 Å². The molecule has 1 aromatic rings. The highest BCUT2D eigenvalue weighted by atomic mass is 32.2. The first kappa shape index (κ1) is 15.6. The third kappa shape index (κ3) is 6.91. The van der Waals surface area contributed by atoms with E-state index in [9.17, 15) is 4.79 Å². The van der Waals surface area contributed by atoms with Crippen molar-refractivity contribution in [1.82, 2.24) is 0 Å². The van der Waals surface area contributed by atoms with Gasteiger partial charge in [0.05, 0.1) is 0 Å². The highest BCUT2D eigenvalue weighted by molar-refractivity contribution is 8.12. The zero-order chi connectivity index (χ0) is 14.3. The Morgan fingerprint density at radius 3 is 2.47 bits per heavy atom. The van der Waals surface area contributed by atoms with E-state index in [1.54, 1.807) is 6.26 Å². The van der Waals surface area contributed by atoms with Crippen LogP contribution in [0.2, 0.25) is 0 Å². The lowest BCUT2D eigenvalue weighted by molar-refractivity contribution is 0.188. The number of hydrogen-bond acceptors (Lipinski definition) is 4. The summed E-state index contributed by atoms with van der Waals surface area (Å²) in [4.78, 5) is 10.9. The molecule has 0 aliphatic rings. The Hall–Kier alpha value is -1.42. The van der Waals surface area contributed by atoms with Gasteiger partial charge in [-0.3, -0.25) is 0 Å². The van der Waals surface area contributed by atoms with Gasteiger partial charge in [0.2, 0.25) is 0 Å². The quantitative estimate of drug-likeness (QED) is 0.829. The lowest BCUT2D eigenvalue weighted by Crippen LogP contribution is -2.25. The van der Waals surface area contributed by atoms with Crippen LogP contribution in [0, 0.1) is 0 Å². The SMILES string of the molecule is CSC(=O)OC/C=C/c1ccc(NC(C)(C)C)cc1. The Bertz CT molecular complexity index is 432. The molecule has 0 amide bonds. The van der Waals surface area contributed by atoms with E-state index in [0.717, 1.165) is 23.0 Å². The highest BCUT2D eigenvalue weighted by Gasteiger charge is 2.08. The summed E-state index contributed by atoms with van der Waals surface area (Å²) in [5.41, 5.74) is 2.24. The van der Waals surface area contributed by atoms with Crippen LogP contribution in [0.25, 0.3) is 6.08 Å². The van der Waals surface area contributed by atoms with Crippen LogP contribution in [0.4, 0.5) is 10.5 Å². The predicted molar refractivity (Wildman–Crippen MR) is 83.7 cm³/mol. The molecule has 3 nitrogen and oxygen atoms in total. The molecule has 104 valence electrons. The molecule has 0 spiro atoms. The Morgan fingerprint density at radius 1 is 1.32 bits per heavy atom. The van der Waals surface area contributed by atoms with Crippen molar-refractivity contribution in [2.24, 2.45) is 0 Å². The summed E-state index contributed by atoms with van der Waals surface area (Å²) in [5.74, 6) is 0. The molecule has 19 heavy (non-hydrogen) atoms. The first-order valence-corrected chi connectivity index (χ1v) is 7.39. The van der Waals surface area contributed by atoms with Gasteiger partial charge in [-0.25, -0.2) is 4.79 Å². The molecular weight excluding hydrogens is 258 g/mol. The smallest absolute Gasteiger partial charge is 0.367 e. The van der Waals surface area contributed by atoms with Crippen molar-refractivity contribution in [3.63, 3.8) is 0 Å². The Kier molecular flexibility index (Phi) is 5.96. The lowest BCUT2D eigenvalue weighted by Gasteiger charge is -2.22. The first-order valence-electron chi connectivity index (χ1n) is 6.16. The van der Waals surface area contributed by atoms with Crippen molar-refractivity contribution in [2.75, 3.05) is 18.2 Å². The van der Waals surface area contributed by atoms with E-state index in [1.165, 1.54) is 0 Å². The first-order chi connectivity index (χ1) is 8.90. The molecule has 0 bridgehead atoms. The number of hydrogen-bond donors (Lipinski definition) is 1. The minimum atomic E-state index is -0.255. The lowest BCUT2D eigenvalue weighted by atomic mass is 10.1. The topological polar surface area (TPSA) is 38.3 Å². The average molecular weight is 279 g/mol. The highest BCUT2D eigenvalue weighted by Crippen LogP contribution is 2.15. The second-order valence-corrected chi connectivity index (χ2v) is 5.91. The minimum Gasteiger partial charge on any atom is -0.453 e. The molecule has 0 heterocycles. The molecule has 0 aliphatic carbocycles. The van der Waals surface area contributed by atoms with Crippen LogP contribution in [0.1, 0.15) is 26.3 Å². The average Bonchev–Trinajstić information content (AvgIpc) is 2.34. The van der Waals surface area contributed by atoms with Gasteiger partial charge in [0.15, 0.2) is 0 Å². The van der Waals surface area contributed by atoms with Gasteiger partial charge in [0.1, 0.15) is 6.61 Å². The van der Waals surface area contributed by atoms with Crippen molar-refractivity contribution in [3.8, 4) is 0 Å². The van der Waals surface area contributed by atoms with E-state index in [4.69, 9.17) is 4.74 Å². The van der Waals surface area contributed by atoms with Crippen molar-refractivity contribution in [1.29, 1.82) is 0 Å². The molecule has 0 atom stereocenters. The maximum absolute atomic E-state index is 10.9. The fourth-order valence-electron chi connectivity index (χ4n) is 1.47.